The number of esters is 4. The van der Waals surface area contributed by atoms with E-state index < -0.39 is 0 Å². The number of carbonyl (C=O) groups excluding carboxylic acids is 4. The maximum absolute atomic E-state index is 12.8. The van der Waals surface area contributed by atoms with Crippen LogP contribution in [0.25, 0.3) is 0 Å². The van der Waals surface area contributed by atoms with Crippen molar-refractivity contribution in [3.05, 3.63) is 0 Å². The molecule has 1 rings (SSSR count). The summed E-state index contributed by atoms with van der Waals surface area (Å²) < 4.78 is 21.7. The molecular formula is C59H114N4O8. The summed E-state index contributed by atoms with van der Waals surface area (Å²) in [5.41, 5.74) is 0. The number of nitrogens with zero attached hydrogens (tertiary/aromatic N) is 4. The first-order chi connectivity index (χ1) is 34.8. The van der Waals surface area contributed by atoms with E-state index in [2.05, 4.69) is 40.4 Å². The van der Waals surface area contributed by atoms with Gasteiger partial charge >= 0.3 is 23.9 Å². The number of ether oxygens (including phenoxy) is 4. The van der Waals surface area contributed by atoms with Gasteiger partial charge in [-0.25, -0.2) is 0 Å². The highest BCUT2D eigenvalue weighted by molar-refractivity contribution is 5.70. The molecule has 0 radical (unpaired) electrons. The van der Waals surface area contributed by atoms with Gasteiger partial charge < -0.3 is 38.5 Å². The molecule has 0 saturated carbocycles. The van der Waals surface area contributed by atoms with Crippen molar-refractivity contribution in [2.45, 2.75) is 252 Å². The number of rotatable bonds is 53. The fourth-order valence-corrected chi connectivity index (χ4v) is 9.59. The third-order valence-corrected chi connectivity index (χ3v) is 14.4. The van der Waals surface area contributed by atoms with Crippen LogP contribution in [0.1, 0.15) is 252 Å². The SMILES string of the molecule is CCCCCCCCCCCCOC(=O)CCN(CCCN1CCN(CCCN(CCC(=O)OCCCCCCCCCCCC)CCC(=O)OCCCCCCCCCCCC)CC1)CCC(=O)OC. The van der Waals surface area contributed by atoms with Gasteiger partial charge in [0.1, 0.15) is 0 Å². The number of hydrogen-bond donors (Lipinski definition) is 0. The molecule has 418 valence electrons. The van der Waals surface area contributed by atoms with Crippen LogP contribution in [0, 0.1) is 0 Å². The molecule has 0 N–H and O–H groups in total. The van der Waals surface area contributed by atoms with Crippen molar-refractivity contribution in [3.63, 3.8) is 0 Å². The molecule has 0 amide bonds. The fourth-order valence-electron chi connectivity index (χ4n) is 9.59. The van der Waals surface area contributed by atoms with Gasteiger partial charge in [0.15, 0.2) is 0 Å². The number of carbonyl (C=O) groups is 4. The monoisotopic (exact) mass is 1010 g/mol. The molecule has 0 aromatic carbocycles. The van der Waals surface area contributed by atoms with Crippen molar-refractivity contribution in [2.24, 2.45) is 0 Å². The molecule has 0 spiro atoms. The quantitative estimate of drug-likeness (QED) is 0.0328. The lowest BCUT2D eigenvalue weighted by Gasteiger charge is -2.35. The average Bonchev–Trinajstić information content (AvgIpc) is 3.37. The second-order valence-corrected chi connectivity index (χ2v) is 20.9. The minimum Gasteiger partial charge on any atom is -0.469 e. The van der Waals surface area contributed by atoms with Crippen LogP contribution in [0.5, 0.6) is 0 Å². The Hall–Kier alpha value is -2.28. The van der Waals surface area contributed by atoms with Crippen molar-refractivity contribution < 1.29 is 38.1 Å². The van der Waals surface area contributed by atoms with Gasteiger partial charge in [-0.3, -0.25) is 19.2 Å². The second kappa shape index (κ2) is 51.2. The lowest BCUT2D eigenvalue weighted by molar-refractivity contribution is -0.145. The Balaban J connectivity index is 2.44. The second-order valence-electron chi connectivity index (χ2n) is 20.9. The van der Waals surface area contributed by atoms with Gasteiger partial charge in [-0.15, -0.1) is 0 Å². The maximum atomic E-state index is 12.8. The molecule has 0 unspecified atom stereocenters. The van der Waals surface area contributed by atoms with E-state index in [0.717, 1.165) is 104 Å². The van der Waals surface area contributed by atoms with E-state index >= 15 is 0 Å². The van der Waals surface area contributed by atoms with E-state index in [-0.39, 0.29) is 23.9 Å². The summed E-state index contributed by atoms with van der Waals surface area (Å²) in [5, 5.41) is 0. The van der Waals surface area contributed by atoms with Crippen LogP contribution in [0.3, 0.4) is 0 Å². The van der Waals surface area contributed by atoms with Crippen LogP contribution in [-0.2, 0) is 38.1 Å². The molecule has 0 aromatic rings. The summed E-state index contributed by atoms with van der Waals surface area (Å²) in [6, 6.07) is 0. The maximum Gasteiger partial charge on any atom is 0.307 e. The first kappa shape index (κ1) is 66.7. The van der Waals surface area contributed by atoms with Crippen molar-refractivity contribution in [3.8, 4) is 0 Å². The van der Waals surface area contributed by atoms with Crippen LogP contribution in [0.2, 0.25) is 0 Å². The fraction of sp³-hybridized carbons (Fsp3) is 0.932. The van der Waals surface area contributed by atoms with E-state index in [0.29, 0.717) is 71.7 Å². The minimum atomic E-state index is -0.229. The highest BCUT2D eigenvalue weighted by atomic mass is 16.5. The van der Waals surface area contributed by atoms with E-state index in [4.69, 9.17) is 18.9 Å². The molecule has 12 nitrogen and oxygen atoms in total. The molecule has 1 aliphatic heterocycles. The Labute approximate surface area is 437 Å². The third kappa shape index (κ3) is 44.9. The van der Waals surface area contributed by atoms with Crippen molar-refractivity contribution in [2.75, 3.05) is 105 Å². The van der Waals surface area contributed by atoms with Gasteiger partial charge in [0, 0.05) is 52.4 Å². The highest BCUT2D eigenvalue weighted by Gasteiger charge is 2.19. The van der Waals surface area contributed by atoms with Crippen molar-refractivity contribution in [1.82, 2.24) is 19.6 Å². The Morgan fingerprint density at radius 1 is 0.324 bits per heavy atom. The summed E-state index contributed by atoms with van der Waals surface area (Å²) in [5.74, 6) is -0.672. The zero-order valence-corrected chi connectivity index (χ0v) is 47.1. The lowest BCUT2D eigenvalue weighted by Crippen LogP contribution is -2.47. The summed E-state index contributed by atoms with van der Waals surface area (Å²) in [6.07, 6.45) is 40.8. The van der Waals surface area contributed by atoms with Crippen LogP contribution in [0.15, 0.2) is 0 Å². The molecule has 1 saturated heterocycles. The minimum absolute atomic E-state index is 0.144. The van der Waals surface area contributed by atoms with Gasteiger partial charge in [0.25, 0.3) is 0 Å². The molecule has 0 aromatic heterocycles. The molecular weight excluding hydrogens is 893 g/mol. The molecule has 1 heterocycles. The third-order valence-electron chi connectivity index (χ3n) is 14.4. The zero-order valence-electron chi connectivity index (χ0n) is 47.1. The average molecular weight is 1010 g/mol. The Morgan fingerprint density at radius 3 is 0.817 bits per heavy atom. The van der Waals surface area contributed by atoms with Gasteiger partial charge in [-0.1, -0.05) is 194 Å². The van der Waals surface area contributed by atoms with Crippen molar-refractivity contribution >= 4 is 23.9 Å². The summed E-state index contributed by atoms with van der Waals surface area (Å²) in [6.45, 7) is 18.2. The summed E-state index contributed by atoms with van der Waals surface area (Å²) in [4.78, 5) is 59.6. The highest BCUT2D eigenvalue weighted by Crippen LogP contribution is 2.14. The van der Waals surface area contributed by atoms with Crippen LogP contribution >= 0.6 is 0 Å². The molecule has 71 heavy (non-hydrogen) atoms. The number of methoxy groups -OCH3 is 1. The number of piperazine rings is 1. The molecule has 0 aliphatic carbocycles. The Kier molecular flexibility index (Phi) is 48.1. The number of hydrogen-bond acceptors (Lipinski definition) is 12. The number of unbranched alkanes of at least 4 members (excludes halogenated alkanes) is 27. The molecule has 12 heteroatoms. The Morgan fingerprint density at radius 2 is 0.563 bits per heavy atom. The van der Waals surface area contributed by atoms with E-state index in [1.807, 2.05) is 0 Å². The standard InChI is InChI=1S/C59H114N4O8/c1-5-8-11-14-17-20-23-26-29-32-53-69-57(65)38-46-60(45-37-56(64)68-4)41-35-43-62-49-51-63(52-50-62)44-36-42-61(47-39-58(66)70-54-33-30-27-24-21-18-15-12-9-6-2)48-40-59(67)71-55-34-31-28-25-22-19-16-13-10-7-3/h5-55H2,1-4H3. The zero-order chi connectivity index (χ0) is 51.5. The van der Waals surface area contributed by atoms with Crippen LogP contribution in [-0.4, -0.2) is 149 Å². The largest absolute Gasteiger partial charge is 0.469 e. The molecule has 0 atom stereocenters. The van der Waals surface area contributed by atoms with E-state index in [1.54, 1.807) is 0 Å². The first-order valence-electron chi connectivity index (χ1n) is 30.2. The smallest absolute Gasteiger partial charge is 0.307 e. The van der Waals surface area contributed by atoms with Crippen LogP contribution < -0.4 is 0 Å². The molecule has 1 fully saturated rings. The predicted octanol–water partition coefficient (Wildman–Crippen LogP) is 13.1. The molecule has 1 aliphatic rings. The van der Waals surface area contributed by atoms with Gasteiger partial charge in [0.2, 0.25) is 0 Å². The Bertz CT molecular complexity index is 1180. The summed E-state index contributed by atoms with van der Waals surface area (Å²) >= 11 is 0. The summed E-state index contributed by atoms with van der Waals surface area (Å²) in [7, 11) is 1.42. The van der Waals surface area contributed by atoms with Crippen molar-refractivity contribution in [1.29, 1.82) is 0 Å². The van der Waals surface area contributed by atoms with E-state index in [9.17, 15) is 19.2 Å². The van der Waals surface area contributed by atoms with Gasteiger partial charge in [0.05, 0.1) is 52.6 Å². The van der Waals surface area contributed by atoms with E-state index in [1.165, 1.54) is 161 Å². The van der Waals surface area contributed by atoms with Gasteiger partial charge in [-0.2, -0.15) is 0 Å². The molecule has 0 bridgehead atoms. The normalized spacial score (nSPS) is 13.3. The topological polar surface area (TPSA) is 118 Å². The first-order valence-corrected chi connectivity index (χ1v) is 30.2. The van der Waals surface area contributed by atoms with Gasteiger partial charge in [-0.05, 0) is 58.3 Å². The predicted molar refractivity (Wildman–Crippen MR) is 294 cm³/mol. The lowest BCUT2D eigenvalue weighted by atomic mass is 10.1. The van der Waals surface area contributed by atoms with Crippen LogP contribution in [0.4, 0.5) is 0 Å².